The SMILES string of the molecule is CCOCc1c(-c2ccccc2)c(NC(C)(C)C)n(C(C)(C)C)c1C(=O)NC(C)(C)C. The highest BCUT2D eigenvalue weighted by atomic mass is 16.5. The summed E-state index contributed by atoms with van der Waals surface area (Å²) in [7, 11) is 0. The monoisotopic (exact) mass is 427 g/mol. The lowest BCUT2D eigenvalue weighted by Gasteiger charge is -2.32. The number of amides is 1. The van der Waals surface area contributed by atoms with Crippen LogP contribution in [0.3, 0.4) is 0 Å². The number of aromatic nitrogens is 1. The lowest BCUT2D eigenvalue weighted by Crippen LogP contribution is -2.43. The normalized spacial score (nSPS) is 12.7. The molecule has 0 radical (unpaired) electrons. The summed E-state index contributed by atoms with van der Waals surface area (Å²) in [6, 6.07) is 10.3. The zero-order valence-electron chi connectivity index (χ0n) is 21.1. The van der Waals surface area contributed by atoms with Crippen molar-refractivity contribution in [2.24, 2.45) is 0 Å². The highest BCUT2D eigenvalue weighted by molar-refractivity contribution is 6.00. The minimum absolute atomic E-state index is 0.0868. The van der Waals surface area contributed by atoms with E-state index in [0.717, 1.165) is 22.5 Å². The van der Waals surface area contributed by atoms with Gasteiger partial charge in [-0.05, 0) is 74.8 Å². The molecule has 0 atom stereocenters. The van der Waals surface area contributed by atoms with E-state index in [4.69, 9.17) is 4.74 Å². The molecule has 5 nitrogen and oxygen atoms in total. The summed E-state index contributed by atoms with van der Waals surface area (Å²) < 4.78 is 8.04. The summed E-state index contributed by atoms with van der Waals surface area (Å²) in [4.78, 5) is 13.7. The van der Waals surface area contributed by atoms with Crippen LogP contribution in [-0.2, 0) is 16.9 Å². The number of nitrogens with zero attached hydrogens (tertiary/aromatic N) is 1. The fourth-order valence-electron chi connectivity index (χ4n) is 3.66. The van der Waals surface area contributed by atoms with Crippen LogP contribution in [0.4, 0.5) is 5.82 Å². The fourth-order valence-corrected chi connectivity index (χ4v) is 3.66. The first-order chi connectivity index (χ1) is 14.2. The third-order valence-corrected chi connectivity index (χ3v) is 4.65. The molecule has 31 heavy (non-hydrogen) atoms. The summed E-state index contributed by atoms with van der Waals surface area (Å²) in [5, 5.41) is 6.88. The van der Waals surface area contributed by atoms with Crippen LogP contribution in [0, 0.1) is 0 Å². The van der Waals surface area contributed by atoms with E-state index in [9.17, 15) is 4.79 Å². The standard InChI is InChI=1S/C26H41N3O2/c1-11-31-17-19-20(18-15-13-12-14-16-18)22(27-24(2,3)4)29(26(8,9)10)21(19)23(30)28-25(5,6)7/h12-16,27H,11,17H2,1-10H3,(H,28,30). The van der Waals surface area contributed by atoms with Gasteiger partial charge in [-0.1, -0.05) is 30.3 Å². The molecule has 0 aliphatic heterocycles. The number of benzene rings is 1. The first-order valence-corrected chi connectivity index (χ1v) is 11.2. The lowest BCUT2D eigenvalue weighted by molar-refractivity contribution is 0.0893. The average molecular weight is 428 g/mol. The van der Waals surface area contributed by atoms with Gasteiger partial charge in [-0.15, -0.1) is 0 Å². The summed E-state index contributed by atoms with van der Waals surface area (Å²) in [6.45, 7) is 21.8. The number of nitrogens with one attached hydrogen (secondary N) is 2. The molecule has 2 aromatic rings. The van der Waals surface area contributed by atoms with Crippen LogP contribution < -0.4 is 10.6 Å². The maximum Gasteiger partial charge on any atom is 0.268 e. The van der Waals surface area contributed by atoms with Gasteiger partial charge in [0.25, 0.3) is 5.91 Å². The summed E-state index contributed by atoms with van der Waals surface area (Å²) in [5.41, 5.74) is 2.79. The summed E-state index contributed by atoms with van der Waals surface area (Å²) >= 11 is 0. The Bertz CT molecular complexity index is 892. The number of carbonyl (C=O) groups excluding carboxylic acids is 1. The van der Waals surface area contributed by atoms with Crippen LogP contribution in [0.15, 0.2) is 30.3 Å². The molecule has 0 saturated carbocycles. The number of anilines is 1. The molecule has 1 aromatic carbocycles. The molecule has 0 aliphatic rings. The smallest absolute Gasteiger partial charge is 0.268 e. The van der Waals surface area contributed by atoms with E-state index in [-0.39, 0.29) is 22.5 Å². The van der Waals surface area contributed by atoms with Gasteiger partial charge < -0.3 is 19.9 Å². The van der Waals surface area contributed by atoms with Crippen molar-refractivity contribution in [2.75, 3.05) is 11.9 Å². The number of ether oxygens (including phenoxy) is 1. The molecule has 0 spiro atoms. The van der Waals surface area contributed by atoms with Crippen LogP contribution in [-0.4, -0.2) is 28.2 Å². The van der Waals surface area contributed by atoms with Crippen LogP contribution in [0.2, 0.25) is 0 Å². The molecule has 172 valence electrons. The van der Waals surface area contributed by atoms with Crippen molar-refractivity contribution in [2.45, 2.75) is 92.5 Å². The minimum atomic E-state index is -0.350. The Morgan fingerprint density at radius 2 is 1.52 bits per heavy atom. The van der Waals surface area contributed by atoms with Crippen molar-refractivity contribution in [3.8, 4) is 11.1 Å². The maximum absolute atomic E-state index is 13.7. The van der Waals surface area contributed by atoms with Crippen molar-refractivity contribution in [1.82, 2.24) is 9.88 Å². The second kappa shape index (κ2) is 9.07. The Balaban J connectivity index is 2.96. The van der Waals surface area contributed by atoms with Gasteiger partial charge >= 0.3 is 0 Å². The van der Waals surface area contributed by atoms with Crippen molar-refractivity contribution in [3.63, 3.8) is 0 Å². The first-order valence-electron chi connectivity index (χ1n) is 11.2. The van der Waals surface area contributed by atoms with Crippen molar-refractivity contribution in [1.29, 1.82) is 0 Å². The topological polar surface area (TPSA) is 55.3 Å². The Morgan fingerprint density at radius 3 is 1.97 bits per heavy atom. The zero-order valence-corrected chi connectivity index (χ0v) is 21.1. The predicted molar refractivity (Wildman–Crippen MR) is 131 cm³/mol. The van der Waals surface area contributed by atoms with E-state index < -0.39 is 0 Å². The Kier molecular flexibility index (Phi) is 7.32. The van der Waals surface area contributed by atoms with Gasteiger partial charge in [0.05, 0.1) is 6.61 Å². The molecule has 1 aromatic heterocycles. The van der Waals surface area contributed by atoms with E-state index in [2.05, 4.69) is 68.9 Å². The van der Waals surface area contributed by atoms with Crippen molar-refractivity contribution in [3.05, 3.63) is 41.6 Å². The Hall–Kier alpha value is -2.27. The third-order valence-electron chi connectivity index (χ3n) is 4.65. The molecule has 0 bridgehead atoms. The highest BCUT2D eigenvalue weighted by Gasteiger charge is 2.35. The molecule has 0 aliphatic carbocycles. The molecule has 0 fully saturated rings. The van der Waals surface area contributed by atoms with E-state index in [1.54, 1.807) is 0 Å². The average Bonchev–Trinajstić information content (AvgIpc) is 2.91. The molecule has 2 rings (SSSR count). The second-order valence-corrected chi connectivity index (χ2v) is 11.1. The molecular formula is C26H41N3O2. The van der Waals surface area contributed by atoms with Crippen molar-refractivity contribution >= 4 is 11.7 Å². The van der Waals surface area contributed by atoms with Gasteiger partial charge in [0.1, 0.15) is 11.5 Å². The van der Waals surface area contributed by atoms with Crippen molar-refractivity contribution < 1.29 is 9.53 Å². The number of carbonyl (C=O) groups is 1. The number of hydrogen-bond donors (Lipinski definition) is 2. The first kappa shape index (κ1) is 25.0. The summed E-state index contributed by atoms with van der Waals surface area (Å²) in [5.74, 6) is 0.858. The van der Waals surface area contributed by atoms with E-state index in [1.807, 2.05) is 45.9 Å². The molecular weight excluding hydrogens is 386 g/mol. The molecule has 1 amide bonds. The van der Waals surface area contributed by atoms with Crippen LogP contribution in [0.1, 0.15) is 85.3 Å². The Morgan fingerprint density at radius 1 is 0.935 bits per heavy atom. The largest absolute Gasteiger partial charge is 0.377 e. The van der Waals surface area contributed by atoms with Gasteiger partial charge in [0.15, 0.2) is 0 Å². The quantitative estimate of drug-likeness (QED) is 0.578. The van der Waals surface area contributed by atoms with Crippen LogP contribution in [0.5, 0.6) is 0 Å². The fraction of sp³-hybridized carbons (Fsp3) is 0.577. The van der Waals surface area contributed by atoms with Gasteiger partial charge in [-0.25, -0.2) is 0 Å². The molecule has 1 heterocycles. The van der Waals surface area contributed by atoms with E-state index in [1.165, 1.54) is 0 Å². The third kappa shape index (κ3) is 6.36. The maximum atomic E-state index is 13.7. The van der Waals surface area contributed by atoms with Gasteiger partial charge in [-0.2, -0.15) is 0 Å². The highest BCUT2D eigenvalue weighted by Crippen LogP contribution is 2.42. The van der Waals surface area contributed by atoms with E-state index >= 15 is 0 Å². The molecule has 0 unspecified atom stereocenters. The van der Waals surface area contributed by atoms with Gasteiger partial charge in [-0.3, -0.25) is 4.79 Å². The van der Waals surface area contributed by atoms with Gasteiger partial charge in [0.2, 0.25) is 0 Å². The molecule has 0 saturated heterocycles. The number of hydrogen-bond acceptors (Lipinski definition) is 3. The Labute approximate surface area is 188 Å². The minimum Gasteiger partial charge on any atom is -0.377 e. The van der Waals surface area contributed by atoms with Crippen LogP contribution in [0.25, 0.3) is 11.1 Å². The summed E-state index contributed by atoms with van der Waals surface area (Å²) in [6.07, 6.45) is 0. The lowest BCUT2D eigenvalue weighted by atomic mass is 10.0. The molecule has 2 N–H and O–H groups in total. The predicted octanol–water partition coefficient (Wildman–Crippen LogP) is 6.19. The number of rotatable bonds is 6. The zero-order chi connectivity index (χ0) is 23.6. The second-order valence-electron chi connectivity index (χ2n) is 11.1. The van der Waals surface area contributed by atoms with Gasteiger partial charge in [0, 0.05) is 34.4 Å². The van der Waals surface area contributed by atoms with Crippen LogP contribution >= 0.6 is 0 Å². The van der Waals surface area contributed by atoms with E-state index in [0.29, 0.717) is 18.9 Å². The molecule has 5 heteroatoms.